The van der Waals surface area contributed by atoms with Crippen LogP contribution in [0.25, 0.3) is 0 Å². The average Bonchev–Trinajstić information content (AvgIpc) is 3.10. The molecule has 5 nitrogen and oxygen atoms in total. The van der Waals surface area contributed by atoms with Crippen LogP contribution in [-0.4, -0.2) is 34.4 Å². The maximum Gasteiger partial charge on any atom is 0.325 e. The van der Waals surface area contributed by atoms with Crippen LogP contribution in [0.3, 0.4) is 0 Å². The van der Waals surface area contributed by atoms with Crippen molar-refractivity contribution in [1.82, 2.24) is 0 Å². The number of carboxylic acids is 1. The molecule has 0 spiro atoms. The molecule has 0 radical (unpaired) electrons. The largest absolute Gasteiger partial charge is 0.480 e. The molecule has 1 aliphatic carbocycles. The summed E-state index contributed by atoms with van der Waals surface area (Å²) in [5.74, 6) is -2.05. The van der Waals surface area contributed by atoms with E-state index >= 15 is 0 Å². The maximum atomic E-state index is 12.4. The van der Waals surface area contributed by atoms with E-state index in [2.05, 4.69) is 0 Å². The average molecular weight is 292 g/mol. The first kappa shape index (κ1) is 15.5. The fraction of sp³-hybridized carbons (Fsp3) is 0.500. The number of benzene rings is 1. The normalized spacial score (nSPS) is 28.0. The number of hydrogen-bond donors (Lipinski definition) is 2. The Morgan fingerprint density at radius 2 is 1.81 bits per heavy atom. The third kappa shape index (κ3) is 2.31. The summed E-state index contributed by atoms with van der Waals surface area (Å²) in [5.41, 5.74) is -2.96. The molecule has 5 heteroatoms. The molecule has 1 aromatic carbocycles. The molecule has 1 aromatic rings. The Labute approximate surface area is 123 Å². The van der Waals surface area contributed by atoms with Gasteiger partial charge in [0.15, 0.2) is 5.41 Å². The van der Waals surface area contributed by atoms with E-state index in [0.717, 1.165) is 0 Å². The van der Waals surface area contributed by atoms with Gasteiger partial charge in [0, 0.05) is 5.41 Å². The second-order valence-electron chi connectivity index (χ2n) is 6.50. The molecule has 21 heavy (non-hydrogen) atoms. The Hall–Kier alpha value is -1.88. The first-order chi connectivity index (χ1) is 9.69. The van der Waals surface area contributed by atoms with E-state index < -0.39 is 35.0 Å². The highest BCUT2D eigenvalue weighted by Crippen LogP contribution is 2.65. The van der Waals surface area contributed by atoms with Gasteiger partial charge < -0.3 is 14.9 Å². The van der Waals surface area contributed by atoms with Crippen LogP contribution in [0.4, 0.5) is 0 Å². The number of esters is 1. The van der Waals surface area contributed by atoms with Crippen molar-refractivity contribution in [3.63, 3.8) is 0 Å². The van der Waals surface area contributed by atoms with Gasteiger partial charge in [-0.25, -0.2) is 0 Å². The number of ether oxygens (including phenoxy) is 1. The Balaban J connectivity index is 2.43. The van der Waals surface area contributed by atoms with Crippen LogP contribution in [0.5, 0.6) is 0 Å². The van der Waals surface area contributed by atoms with Crippen molar-refractivity contribution in [2.45, 2.75) is 38.2 Å². The Bertz CT molecular complexity index is 560. The highest BCUT2D eigenvalue weighted by molar-refractivity contribution is 6.06. The van der Waals surface area contributed by atoms with Crippen LogP contribution >= 0.6 is 0 Å². The molecule has 2 atom stereocenters. The van der Waals surface area contributed by atoms with Gasteiger partial charge >= 0.3 is 11.9 Å². The SMILES string of the molecule is CC(C)(C)OC(=O)C1(C(=O)O)CC1(CO)c1ccccc1. The fourth-order valence-corrected chi connectivity index (χ4v) is 2.80. The van der Waals surface area contributed by atoms with Gasteiger partial charge in [0.1, 0.15) is 5.60 Å². The number of hydrogen-bond acceptors (Lipinski definition) is 4. The molecule has 114 valence electrons. The van der Waals surface area contributed by atoms with Crippen molar-refractivity contribution in [2.75, 3.05) is 6.61 Å². The van der Waals surface area contributed by atoms with E-state index in [4.69, 9.17) is 4.74 Å². The van der Waals surface area contributed by atoms with E-state index in [0.29, 0.717) is 5.56 Å². The second kappa shape index (κ2) is 4.84. The van der Waals surface area contributed by atoms with Crippen LogP contribution in [0.1, 0.15) is 32.8 Å². The molecule has 2 rings (SSSR count). The number of aliphatic hydroxyl groups excluding tert-OH is 1. The van der Waals surface area contributed by atoms with Crippen molar-refractivity contribution in [2.24, 2.45) is 5.41 Å². The fourth-order valence-electron chi connectivity index (χ4n) is 2.80. The van der Waals surface area contributed by atoms with Crippen LogP contribution in [0.15, 0.2) is 30.3 Å². The maximum absolute atomic E-state index is 12.4. The third-order valence-electron chi connectivity index (χ3n) is 3.97. The van der Waals surface area contributed by atoms with Crippen LogP contribution in [0, 0.1) is 5.41 Å². The molecule has 1 aliphatic rings. The molecular formula is C16H20O5. The van der Waals surface area contributed by atoms with Crippen LogP contribution in [-0.2, 0) is 19.7 Å². The zero-order valence-electron chi connectivity index (χ0n) is 12.4. The van der Waals surface area contributed by atoms with Gasteiger partial charge in [0.05, 0.1) is 6.61 Å². The van der Waals surface area contributed by atoms with Gasteiger partial charge in [-0.15, -0.1) is 0 Å². The third-order valence-corrected chi connectivity index (χ3v) is 3.97. The van der Waals surface area contributed by atoms with Crippen molar-refractivity contribution in [3.8, 4) is 0 Å². The molecule has 0 saturated heterocycles. The smallest absolute Gasteiger partial charge is 0.325 e. The second-order valence-corrected chi connectivity index (χ2v) is 6.50. The highest BCUT2D eigenvalue weighted by Gasteiger charge is 2.78. The van der Waals surface area contributed by atoms with Gasteiger partial charge in [-0.2, -0.15) is 0 Å². The van der Waals surface area contributed by atoms with E-state index in [9.17, 15) is 19.8 Å². The Morgan fingerprint density at radius 1 is 1.24 bits per heavy atom. The molecule has 1 fully saturated rings. The topological polar surface area (TPSA) is 83.8 Å². The lowest BCUT2D eigenvalue weighted by Gasteiger charge is -2.25. The number of aliphatic carboxylic acids is 1. The summed E-state index contributed by atoms with van der Waals surface area (Å²) in [5, 5.41) is 19.4. The van der Waals surface area contributed by atoms with E-state index in [1.54, 1.807) is 51.1 Å². The minimum atomic E-state index is -1.71. The zero-order chi connectivity index (χ0) is 15.9. The summed E-state index contributed by atoms with van der Waals surface area (Å²) < 4.78 is 5.27. The molecule has 0 heterocycles. The Morgan fingerprint density at radius 3 is 2.24 bits per heavy atom. The lowest BCUT2D eigenvalue weighted by Crippen LogP contribution is -2.40. The molecule has 1 saturated carbocycles. The molecule has 0 amide bonds. The van der Waals surface area contributed by atoms with E-state index in [1.807, 2.05) is 0 Å². The van der Waals surface area contributed by atoms with Crippen molar-refractivity contribution < 1.29 is 24.5 Å². The predicted molar refractivity (Wildman–Crippen MR) is 75.7 cm³/mol. The standard InChI is InChI=1S/C16H20O5/c1-14(2,3)21-13(20)16(12(18)19)9-15(16,10-17)11-7-5-4-6-8-11/h4-8,17H,9-10H2,1-3H3,(H,18,19). The van der Waals surface area contributed by atoms with Crippen molar-refractivity contribution in [1.29, 1.82) is 0 Å². The lowest BCUT2D eigenvalue weighted by atomic mass is 9.86. The number of carbonyl (C=O) groups excluding carboxylic acids is 1. The molecule has 2 N–H and O–H groups in total. The summed E-state index contributed by atoms with van der Waals surface area (Å²) in [4.78, 5) is 24.2. The minimum absolute atomic E-state index is 0.0464. The number of aliphatic hydroxyl groups is 1. The first-order valence-electron chi connectivity index (χ1n) is 6.83. The van der Waals surface area contributed by atoms with E-state index in [-0.39, 0.29) is 6.42 Å². The molecule has 0 bridgehead atoms. The lowest BCUT2D eigenvalue weighted by molar-refractivity contribution is -0.170. The van der Waals surface area contributed by atoms with Crippen LogP contribution in [0.2, 0.25) is 0 Å². The minimum Gasteiger partial charge on any atom is -0.480 e. The van der Waals surface area contributed by atoms with Crippen LogP contribution < -0.4 is 0 Å². The zero-order valence-corrected chi connectivity index (χ0v) is 12.4. The molecule has 2 unspecified atom stereocenters. The molecule has 0 aromatic heterocycles. The van der Waals surface area contributed by atoms with Gasteiger partial charge in [0.25, 0.3) is 0 Å². The van der Waals surface area contributed by atoms with E-state index in [1.165, 1.54) is 0 Å². The number of carbonyl (C=O) groups is 2. The van der Waals surface area contributed by atoms with Crippen molar-refractivity contribution in [3.05, 3.63) is 35.9 Å². The summed E-state index contributed by atoms with van der Waals surface area (Å²) in [6.45, 7) is 4.65. The quantitative estimate of drug-likeness (QED) is 0.652. The van der Waals surface area contributed by atoms with Gasteiger partial charge in [-0.1, -0.05) is 30.3 Å². The number of rotatable bonds is 4. The first-order valence-corrected chi connectivity index (χ1v) is 6.83. The highest BCUT2D eigenvalue weighted by atomic mass is 16.6. The summed E-state index contributed by atoms with van der Waals surface area (Å²) in [6, 6.07) is 8.77. The molecular weight excluding hydrogens is 272 g/mol. The number of carboxylic acid groups (broad SMARTS) is 1. The summed E-state index contributed by atoms with van der Waals surface area (Å²) in [6.07, 6.45) is 0.0464. The van der Waals surface area contributed by atoms with Gasteiger partial charge in [-0.3, -0.25) is 9.59 Å². The predicted octanol–water partition coefficient (Wildman–Crippen LogP) is 1.73. The van der Waals surface area contributed by atoms with Gasteiger partial charge in [-0.05, 0) is 32.8 Å². The summed E-state index contributed by atoms with van der Waals surface area (Å²) in [7, 11) is 0. The monoisotopic (exact) mass is 292 g/mol. The molecule has 0 aliphatic heterocycles. The van der Waals surface area contributed by atoms with Crippen molar-refractivity contribution >= 4 is 11.9 Å². The Kier molecular flexibility index (Phi) is 3.58. The van der Waals surface area contributed by atoms with Gasteiger partial charge in [0.2, 0.25) is 0 Å². The summed E-state index contributed by atoms with van der Waals surface area (Å²) >= 11 is 0.